The highest BCUT2D eigenvalue weighted by Gasteiger charge is 2.37. The molecule has 0 fully saturated rings. The monoisotopic (exact) mass is 408 g/mol. The van der Waals surface area contributed by atoms with Crippen molar-refractivity contribution in [2.75, 3.05) is 7.11 Å². The summed E-state index contributed by atoms with van der Waals surface area (Å²) < 4.78 is 6.78. The number of aromatic nitrogens is 1. The first kappa shape index (κ1) is 19.3. The second kappa shape index (κ2) is 7.76. The summed E-state index contributed by atoms with van der Waals surface area (Å²) in [5.74, 6) is 0.755. The smallest absolute Gasteiger partial charge is 0.255 e. The molecule has 29 heavy (non-hydrogen) atoms. The van der Waals surface area contributed by atoms with Crippen molar-refractivity contribution in [3.8, 4) is 5.75 Å². The van der Waals surface area contributed by atoms with E-state index in [9.17, 15) is 9.59 Å². The number of benzene rings is 2. The fourth-order valence-corrected chi connectivity index (χ4v) is 4.11. The lowest BCUT2D eigenvalue weighted by Crippen LogP contribution is -2.30. The van der Waals surface area contributed by atoms with E-state index < -0.39 is 0 Å². The van der Waals surface area contributed by atoms with E-state index in [1.54, 1.807) is 24.8 Å². The Morgan fingerprint density at radius 2 is 1.72 bits per heavy atom. The van der Waals surface area contributed by atoms with Crippen LogP contribution in [0.3, 0.4) is 0 Å². The van der Waals surface area contributed by atoms with Crippen LogP contribution in [-0.2, 0) is 20.0 Å². The van der Waals surface area contributed by atoms with Crippen molar-refractivity contribution in [3.05, 3.63) is 98.4 Å². The first-order chi connectivity index (χ1) is 14.0. The van der Waals surface area contributed by atoms with Gasteiger partial charge in [0.1, 0.15) is 5.75 Å². The summed E-state index contributed by atoms with van der Waals surface area (Å²) in [5, 5.41) is 0.522. The van der Waals surface area contributed by atoms with Gasteiger partial charge in [-0.1, -0.05) is 41.9 Å². The number of methoxy groups -OCH3 is 1. The fraction of sp³-hybridized carbons (Fsp3) is 0.217. The lowest BCUT2D eigenvalue weighted by Gasteiger charge is -2.27. The number of halogens is 1. The zero-order chi connectivity index (χ0) is 20.5. The molecule has 148 valence electrons. The van der Waals surface area contributed by atoms with Crippen LogP contribution in [0.1, 0.15) is 33.2 Å². The number of carbonyl (C=O) groups excluding carboxylic acids is 1. The van der Waals surface area contributed by atoms with Crippen LogP contribution in [0, 0.1) is 0 Å². The maximum absolute atomic E-state index is 13.2. The van der Waals surface area contributed by atoms with Crippen molar-refractivity contribution in [1.82, 2.24) is 9.47 Å². The summed E-state index contributed by atoms with van der Waals surface area (Å²) in [6.07, 6.45) is 0.463. The molecule has 0 radical (unpaired) electrons. The molecule has 0 spiro atoms. The fourth-order valence-electron chi connectivity index (χ4n) is 3.84. The van der Waals surface area contributed by atoms with Gasteiger partial charge in [-0.3, -0.25) is 9.59 Å². The number of hydrogen-bond donors (Lipinski definition) is 0. The van der Waals surface area contributed by atoms with Gasteiger partial charge in [0.2, 0.25) is 0 Å². The van der Waals surface area contributed by atoms with Crippen LogP contribution in [0.15, 0.2) is 65.5 Å². The lowest BCUT2D eigenvalue weighted by molar-refractivity contribution is 0.0708. The molecule has 1 aliphatic heterocycles. The zero-order valence-corrected chi connectivity index (χ0v) is 17.0. The Bertz CT molecular complexity index is 1120. The molecule has 0 aliphatic carbocycles. The predicted molar refractivity (Wildman–Crippen MR) is 112 cm³/mol. The predicted octanol–water partition coefficient (Wildman–Crippen LogP) is 3.99. The molecule has 0 saturated carbocycles. The van der Waals surface area contributed by atoms with Gasteiger partial charge in [-0.25, -0.2) is 0 Å². The van der Waals surface area contributed by atoms with Crippen LogP contribution < -0.4 is 10.3 Å². The molecule has 3 aromatic rings. The van der Waals surface area contributed by atoms with Crippen molar-refractivity contribution in [2.24, 2.45) is 7.05 Å². The number of fused-ring (bicyclic) bond motifs is 1. The molecular weight excluding hydrogens is 388 g/mol. The molecule has 1 atom stereocenters. The third kappa shape index (κ3) is 3.54. The van der Waals surface area contributed by atoms with Crippen LogP contribution in [0.2, 0.25) is 5.02 Å². The average Bonchev–Trinajstić information content (AvgIpc) is 3.00. The molecule has 2 aromatic carbocycles. The van der Waals surface area contributed by atoms with Gasteiger partial charge in [-0.2, -0.15) is 0 Å². The van der Waals surface area contributed by atoms with Gasteiger partial charge in [0.25, 0.3) is 11.5 Å². The zero-order valence-electron chi connectivity index (χ0n) is 16.3. The van der Waals surface area contributed by atoms with Crippen LogP contribution in [0.4, 0.5) is 0 Å². The normalized spacial score (nSPS) is 15.5. The molecule has 6 heteroatoms. The van der Waals surface area contributed by atoms with Gasteiger partial charge < -0.3 is 14.2 Å². The van der Waals surface area contributed by atoms with Gasteiger partial charge >= 0.3 is 0 Å². The molecule has 1 aliphatic rings. The Kier molecular flexibility index (Phi) is 5.16. The van der Waals surface area contributed by atoms with Crippen LogP contribution in [-0.4, -0.2) is 22.5 Å². The quantitative estimate of drug-likeness (QED) is 0.641. The summed E-state index contributed by atoms with van der Waals surface area (Å²) in [7, 11) is 3.33. The summed E-state index contributed by atoms with van der Waals surface area (Å²) in [4.78, 5) is 27.1. The highest BCUT2D eigenvalue weighted by atomic mass is 35.5. The summed E-state index contributed by atoms with van der Waals surface area (Å²) in [6.45, 7) is 0.459. The number of carbonyl (C=O) groups is 1. The summed E-state index contributed by atoms with van der Waals surface area (Å²) >= 11 is 6.41. The third-order valence-electron chi connectivity index (χ3n) is 5.47. The first-order valence-electron chi connectivity index (χ1n) is 9.37. The first-order valence-corrected chi connectivity index (χ1v) is 9.74. The van der Waals surface area contributed by atoms with E-state index in [1.165, 1.54) is 6.07 Å². The topological polar surface area (TPSA) is 51.5 Å². The molecule has 0 saturated heterocycles. The maximum Gasteiger partial charge on any atom is 0.255 e. The molecule has 4 rings (SSSR count). The Balaban J connectivity index is 1.72. The Hall–Kier alpha value is -3.05. The van der Waals surface area contributed by atoms with E-state index in [2.05, 4.69) is 0 Å². The minimum Gasteiger partial charge on any atom is -0.497 e. The molecule has 0 bridgehead atoms. The second-order valence-corrected chi connectivity index (χ2v) is 7.52. The maximum atomic E-state index is 13.2. The highest BCUT2D eigenvalue weighted by molar-refractivity contribution is 6.31. The van der Waals surface area contributed by atoms with Crippen molar-refractivity contribution in [3.63, 3.8) is 0 Å². The van der Waals surface area contributed by atoms with Gasteiger partial charge in [0, 0.05) is 37.3 Å². The van der Waals surface area contributed by atoms with E-state index in [-0.39, 0.29) is 17.5 Å². The molecule has 0 N–H and O–H groups in total. The summed E-state index contributed by atoms with van der Waals surface area (Å²) in [6, 6.07) is 18.2. The second-order valence-electron chi connectivity index (χ2n) is 7.11. The minimum absolute atomic E-state index is 0.0153. The van der Waals surface area contributed by atoms with E-state index in [4.69, 9.17) is 16.3 Å². The standard InChI is InChI=1S/C23H21ClN2O3/c1-25-21(19(24)11-12-22(25)27)13-20-17-5-3-4-6-18(17)23(28)26(20)14-15-7-9-16(29-2)10-8-15/h3-12,20H,13-14H2,1-2H3. The number of hydrogen-bond acceptors (Lipinski definition) is 3. The molecule has 5 nitrogen and oxygen atoms in total. The molecule has 2 heterocycles. The molecular formula is C23H21ClN2O3. The van der Waals surface area contributed by atoms with E-state index >= 15 is 0 Å². The Morgan fingerprint density at radius 1 is 1.00 bits per heavy atom. The number of rotatable bonds is 5. The number of pyridine rings is 1. The van der Waals surface area contributed by atoms with E-state index in [0.29, 0.717) is 29.2 Å². The van der Waals surface area contributed by atoms with Crippen LogP contribution >= 0.6 is 11.6 Å². The number of nitrogens with zero attached hydrogens (tertiary/aromatic N) is 2. The van der Waals surface area contributed by atoms with E-state index in [1.807, 2.05) is 53.4 Å². The van der Waals surface area contributed by atoms with Gasteiger partial charge in [0.05, 0.1) is 18.2 Å². The van der Waals surface area contributed by atoms with Crippen LogP contribution in [0.5, 0.6) is 5.75 Å². The van der Waals surface area contributed by atoms with E-state index in [0.717, 1.165) is 16.9 Å². The molecule has 1 amide bonds. The van der Waals surface area contributed by atoms with Crippen molar-refractivity contribution in [1.29, 1.82) is 0 Å². The van der Waals surface area contributed by atoms with Crippen molar-refractivity contribution in [2.45, 2.75) is 19.0 Å². The number of ether oxygens (including phenoxy) is 1. The average molecular weight is 409 g/mol. The Morgan fingerprint density at radius 3 is 2.45 bits per heavy atom. The van der Waals surface area contributed by atoms with Crippen LogP contribution in [0.25, 0.3) is 0 Å². The SMILES string of the molecule is COc1ccc(CN2C(=O)c3ccccc3C2Cc2c(Cl)ccc(=O)n2C)cc1. The Labute approximate surface area is 174 Å². The van der Waals surface area contributed by atoms with Gasteiger partial charge in [-0.15, -0.1) is 0 Å². The molecule has 1 unspecified atom stereocenters. The van der Waals surface area contributed by atoms with Crippen molar-refractivity contribution >= 4 is 17.5 Å². The van der Waals surface area contributed by atoms with Gasteiger partial charge in [-0.05, 0) is 35.4 Å². The molecule has 1 aromatic heterocycles. The third-order valence-corrected chi connectivity index (χ3v) is 5.81. The lowest BCUT2D eigenvalue weighted by atomic mass is 10.00. The highest BCUT2D eigenvalue weighted by Crippen LogP contribution is 2.38. The summed E-state index contributed by atoms with van der Waals surface area (Å²) in [5.41, 5.74) is 3.25. The number of amides is 1. The largest absolute Gasteiger partial charge is 0.497 e. The van der Waals surface area contributed by atoms with Gasteiger partial charge in [0.15, 0.2) is 0 Å². The van der Waals surface area contributed by atoms with Crippen molar-refractivity contribution < 1.29 is 9.53 Å². The minimum atomic E-state index is -0.202.